The molecule has 0 amide bonds. The highest BCUT2D eigenvalue weighted by Gasteiger charge is 2.16. The zero-order valence-corrected chi connectivity index (χ0v) is 15.9. The SMILES string of the molecule is Cc1ccc(-n2c(=O)c3sccc3n(Cc3ccc(F)cc3Cl)c2=O)cc1. The largest absolute Gasteiger partial charge is 0.336 e. The molecule has 0 aliphatic rings. The van der Waals surface area contributed by atoms with Gasteiger partial charge in [-0.3, -0.25) is 9.36 Å². The second-order valence-electron chi connectivity index (χ2n) is 6.22. The number of aryl methyl sites for hydroxylation is 1. The molecule has 0 saturated carbocycles. The molecule has 7 heteroatoms. The van der Waals surface area contributed by atoms with Crippen LogP contribution in [0.1, 0.15) is 11.1 Å². The lowest BCUT2D eigenvalue weighted by molar-refractivity contribution is 0.626. The first kappa shape index (κ1) is 17.7. The van der Waals surface area contributed by atoms with Crippen LogP contribution in [0, 0.1) is 12.7 Å². The molecule has 2 heterocycles. The van der Waals surface area contributed by atoms with Crippen molar-refractivity contribution < 1.29 is 4.39 Å². The van der Waals surface area contributed by atoms with Crippen LogP contribution in [0.4, 0.5) is 4.39 Å². The van der Waals surface area contributed by atoms with Gasteiger partial charge in [-0.25, -0.2) is 13.8 Å². The Balaban J connectivity index is 1.98. The summed E-state index contributed by atoms with van der Waals surface area (Å²) in [6.07, 6.45) is 0. The van der Waals surface area contributed by atoms with E-state index in [9.17, 15) is 14.0 Å². The maximum Gasteiger partial charge on any atom is 0.336 e. The number of thiophene rings is 1. The van der Waals surface area contributed by atoms with Crippen LogP contribution in [-0.2, 0) is 6.54 Å². The zero-order valence-electron chi connectivity index (χ0n) is 14.3. The molecular formula is C20H14ClFN2O2S. The molecule has 0 aliphatic carbocycles. The van der Waals surface area contributed by atoms with Crippen LogP contribution < -0.4 is 11.2 Å². The third-order valence-corrected chi connectivity index (χ3v) is 5.63. The Morgan fingerprint density at radius 2 is 1.81 bits per heavy atom. The topological polar surface area (TPSA) is 44.0 Å². The Labute approximate surface area is 162 Å². The third-order valence-electron chi connectivity index (χ3n) is 4.39. The highest BCUT2D eigenvalue weighted by atomic mass is 35.5. The molecule has 136 valence electrons. The quantitative estimate of drug-likeness (QED) is 0.512. The molecule has 0 unspecified atom stereocenters. The number of rotatable bonds is 3. The van der Waals surface area contributed by atoms with Gasteiger partial charge in [-0.05, 0) is 48.2 Å². The summed E-state index contributed by atoms with van der Waals surface area (Å²) in [5, 5.41) is 2.01. The summed E-state index contributed by atoms with van der Waals surface area (Å²) in [7, 11) is 0. The minimum atomic E-state index is -0.463. The number of hydrogen-bond acceptors (Lipinski definition) is 3. The van der Waals surface area contributed by atoms with Crippen LogP contribution >= 0.6 is 22.9 Å². The van der Waals surface area contributed by atoms with Crippen molar-refractivity contribution in [2.45, 2.75) is 13.5 Å². The average molecular weight is 401 g/mol. The van der Waals surface area contributed by atoms with Crippen LogP contribution in [-0.4, -0.2) is 9.13 Å². The van der Waals surface area contributed by atoms with E-state index < -0.39 is 11.5 Å². The first-order valence-electron chi connectivity index (χ1n) is 8.20. The van der Waals surface area contributed by atoms with Crippen LogP contribution in [0.5, 0.6) is 0 Å². The van der Waals surface area contributed by atoms with Crippen LogP contribution in [0.3, 0.4) is 0 Å². The molecule has 4 nitrogen and oxygen atoms in total. The molecule has 0 bridgehead atoms. The van der Waals surface area contributed by atoms with E-state index in [2.05, 4.69) is 0 Å². The summed E-state index contributed by atoms with van der Waals surface area (Å²) in [6.45, 7) is 2.07. The predicted octanol–water partition coefficient (Wildman–Crippen LogP) is 4.36. The van der Waals surface area contributed by atoms with Gasteiger partial charge in [0.05, 0.1) is 17.7 Å². The van der Waals surface area contributed by atoms with Gasteiger partial charge in [0.25, 0.3) is 5.56 Å². The Bertz CT molecular complexity index is 1270. The first-order valence-corrected chi connectivity index (χ1v) is 9.45. The van der Waals surface area contributed by atoms with Crippen molar-refractivity contribution in [2.75, 3.05) is 0 Å². The summed E-state index contributed by atoms with van der Waals surface area (Å²) in [5.74, 6) is -0.443. The van der Waals surface area contributed by atoms with Gasteiger partial charge in [0.2, 0.25) is 0 Å². The Hall–Kier alpha value is -2.70. The molecule has 0 atom stereocenters. The summed E-state index contributed by atoms with van der Waals surface area (Å²) < 4.78 is 16.5. The number of fused-ring (bicyclic) bond motifs is 1. The van der Waals surface area contributed by atoms with Gasteiger partial charge in [0, 0.05) is 5.02 Å². The molecule has 27 heavy (non-hydrogen) atoms. The highest BCUT2D eigenvalue weighted by molar-refractivity contribution is 7.17. The van der Waals surface area contributed by atoms with Crippen molar-refractivity contribution in [3.05, 3.63) is 96.7 Å². The van der Waals surface area contributed by atoms with Gasteiger partial charge < -0.3 is 0 Å². The van der Waals surface area contributed by atoms with Crippen molar-refractivity contribution in [3.8, 4) is 5.69 Å². The summed E-state index contributed by atoms with van der Waals surface area (Å²) >= 11 is 7.42. The number of hydrogen-bond donors (Lipinski definition) is 0. The summed E-state index contributed by atoms with van der Waals surface area (Å²) in [5.41, 5.74) is 1.86. The maximum absolute atomic E-state index is 13.3. The maximum atomic E-state index is 13.3. The fourth-order valence-corrected chi connectivity index (χ4v) is 4.03. The Kier molecular flexibility index (Phi) is 4.45. The standard InChI is InChI=1S/C20H14ClFN2O2S/c1-12-2-6-15(7-3-12)24-19(25)18-17(8-9-27-18)23(20(24)26)11-13-4-5-14(22)10-16(13)21/h2-10H,11H2,1H3. The van der Waals surface area contributed by atoms with Crippen molar-refractivity contribution in [2.24, 2.45) is 0 Å². The molecule has 0 saturated heterocycles. The highest BCUT2D eigenvalue weighted by Crippen LogP contribution is 2.21. The molecule has 0 fully saturated rings. The number of benzene rings is 2. The average Bonchev–Trinajstić information content (AvgIpc) is 3.12. The predicted molar refractivity (Wildman–Crippen MR) is 107 cm³/mol. The molecule has 2 aromatic heterocycles. The van der Waals surface area contributed by atoms with E-state index in [0.717, 1.165) is 10.1 Å². The van der Waals surface area contributed by atoms with Gasteiger partial charge in [0.1, 0.15) is 10.5 Å². The van der Waals surface area contributed by atoms with E-state index in [-0.39, 0.29) is 17.1 Å². The monoisotopic (exact) mass is 400 g/mol. The number of aromatic nitrogens is 2. The van der Waals surface area contributed by atoms with Gasteiger partial charge in [0.15, 0.2) is 0 Å². The molecule has 4 aromatic rings. The van der Waals surface area contributed by atoms with Crippen LogP contribution in [0.15, 0.2) is 63.5 Å². The lowest BCUT2D eigenvalue weighted by atomic mass is 10.2. The first-order chi connectivity index (χ1) is 13.0. The number of nitrogens with zero attached hydrogens (tertiary/aromatic N) is 2. The lowest BCUT2D eigenvalue weighted by Gasteiger charge is -2.13. The van der Waals surface area contributed by atoms with E-state index in [1.807, 2.05) is 19.1 Å². The van der Waals surface area contributed by atoms with E-state index in [4.69, 9.17) is 11.6 Å². The second-order valence-corrected chi connectivity index (χ2v) is 7.54. The summed E-state index contributed by atoms with van der Waals surface area (Å²) in [6, 6.07) is 13.0. The van der Waals surface area contributed by atoms with Crippen molar-refractivity contribution in [1.29, 1.82) is 0 Å². The van der Waals surface area contributed by atoms with E-state index in [1.165, 1.54) is 28.0 Å². The third kappa shape index (κ3) is 3.11. The molecule has 0 radical (unpaired) electrons. The molecular weight excluding hydrogens is 387 g/mol. The molecule has 0 N–H and O–H groups in total. The molecule has 2 aromatic carbocycles. The second kappa shape index (κ2) is 6.79. The minimum absolute atomic E-state index is 0.136. The van der Waals surface area contributed by atoms with Crippen LogP contribution in [0.2, 0.25) is 5.02 Å². The van der Waals surface area contributed by atoms with E-state index in [1.54, 1.807) is 29.6 Å². The van der Waals surface area contributed by atoms with E-state index in [0.29, 0.717) is 21.5 Å². The zero-order chi connectivity index (χ0) is 19.1. The fourth-order valence-electron chi connectivity index (χ4n) is 2.98. The van der Waals surface area contributed by atoms with Gasteiger partial charge >= 0.3 is 5.69 Å². The van der Waals surface area contributed by atoms with Gasteiger partial charge in [-0.2, -0.15) is 0 Å². The number of halogens is 2. The van der Waals surface area contributed by atoms with Crippen LogP contribution in [0.25, 0.3) is 15.9 Å². The van der Waals surface area contributed by atoms with Crippen molar-refractivity contribution >= 4 is 33.2 Å². The lowest BCUT2D eigenvalue weighted by Crippen LogP contribution is -2.38. The van der Waals surface area contributed by atoms with Crippen molar-refractivity contribution in [3.63, 3.8) is 0 Å². The Morgan fingerprint density at radius 1 is 1.07 bits per heavy atom. The summed E-state index contributed by atoms with van der Waals surface area (Å²) in [4.78, 5) is 26.1. The minimum Gasteiger partial charge on any atom is -0.288 e. The normalized spacial score (nSPS) is 11.2. The fraction of sp³-hybridized carbons (Fsp3) is 0.100. The molecule has 0 spiro atoms. The van der Waals surface area contributed by atoms with Gasteiger partial charge in [-0.1, -0.05) is 35.4 Å². The van der Waals surface area contributed by atoms with Gasteiger partial charge in [-0.15, -0.1) is 11.3 Å². The van der Waals surface area contributed by atoms with Crippen molar-refractivity contribution in [1.82, 2.24) is 9.13 Å². The Morgan fingerprint density at radius 3 is 2.52 bits per heavy atom. The van der Waals surface area contributed by atoms with E-state index >= 15 is 0 Å². The smallest absolute Gasteiger partial charge is 0.288 e. The molecule has 0 aliphatic heterocycles. The molecule has 4 rings (SSSR count).